The van der Waals surface area contributed by atoms with Gasteiger partial charge in [-0.2, -0.15) is 0 Å². The lowest BCUT2D eigenvalue weighted by molar-refractivity contribution is 0.282. The van der Waals surface area contributed by atoms with Gasteiger partial charge in [-0.05, 0) is 55.6 Å². The molecule has 0 saturated heterocycles. The number of hydrogen-bond acceptors (Lipinski definition) is 2. The number of aliphatic hydroxyl groups excluding tert-OH is 2. The second-order valence-corrected chi connectivity index (χ2v) is 5.67. The molecule has 2 nitrogen and oxygen atoms in total. The van der Waals surface area contributed by atoms with Gasteiger partial charge in [-0.15, -0.1) is 0 Å². The molecule has 3 heteroatoms. The van der Waals surface area contributed by atoms with Crippen molar-refractivity contribution in [1.29, 1.82) is 0 Å². The fraction of sp³-hybridized carbons (Fsp3) is 0.100. The number of fused-ring (bicyclic) bond motifs is 4. The zero-order valence-electron chi connectivity index (χ0n) is 12.4. The number of rotatable bonds is 2. The van der Waals surface area contributed by atoms with E-state index in [9.17, 15) is 14.6 Å². The van der Waals surface area contributed by atoms with Crippen molar-refractivity contribution in [3.05, 3.63) is 71.5 Å². The minimum absolute atomic E-state index is 0.0879. The Morgan fingerprint density at radius 3 is 2.04 bits per heavy atom. The SMILES string of the molecule is OCc1c2ccccc2c(CO)c2c1ccc1cc(F)ccc12. The minimum atomic E-state index is -0.287. The molecule has 4 aromatic rings. The third-order valence-corrected chi connectivity index (χ3v) is 4.50. The van der Waals surface area contributed by atoms with E-state index in [1.165, 1.54) is 12.1 Å². The van der Waals surface area contributed by atoms with Crippen LogP contribution in [0, 0.1) is 5.82 Å². The normalized spacial score (nSPS) is 11.6. The predicted octanol–water partition coefficient (Wildman–Crippen LogP) is 4.27. The summed E-state index contributed by atoms with van der Waals surface area (Å²) in [4.78, 5) is 0. The standard InChI is InChI=1S/C20H15FO2/c21-13-6-8-14-12(9-13)5-7-17-18(10-22)15-3-1-2-4-16(15)19(11-23)20(14)17/h1-9,22-23H,10-11H2. The van der Waals surface area contributed by atoms with Gasteiger partial charge in [-0.25, -0.2) is 4.39 Å². The lowest BCUT2D eigenvalue weighted by Gasteiger charge is -2.16. The van der Waals surface area contributed by atoms with Crippen molar-refractivity contribution in [3.63, 3.8) is 0 Å². The minimum Gasteiger partial charge on any atom is -0.392 e. The van der Waals surface area contributed by atoms with Crippen molar-refractivity contribution in [2.75, 3.05) is 0 Å². The molecule has 0 aliphatic heterocycles. The maximum atomic E-state index is 13.5. The molecule has 0 unspecified atom stereocenters. The van der Waals surface area contributed by atoms with Crippen LogP contribution in [0.25, 0.3) is 32.3 Å². The summed E-state index contributed by atoms with van der Waals surface area (Å²) in [7, 11) is 0. The summed E-state index contributed by atoms with van der Waals surface area (Å²) in [5.74, 6) is -0.287. The summed E-state index contributed by atoms with van der Waals surface area (Å²) in [5, 5.41) is 25.2. The second-order valence-electron chi connectivity index (χ2n) is 5.67. The van der Waals surface area contributed by atoms with Crippen LogP contribution in [0.1, 0.15) is 11.1 Å². The molecule has 4 aromatic carbocycles. The topological polar surface area (TPSA) is 40.5 Å². The molecule has 0 radical (unpaired) electrons. The van der Waals surface area contributed by atoms with Crippen LogP contribution in [0.3, 0.4) is 0 Å². The molecule has 0 aliphatic rings. The van der Waals surface area contributed by atoms with E-state index in [0.717, 1.165) is 43.4 Å². The average molecular weight is 306 g/mol. The first-order valence-corrected chi connectivity index (χ1v) is 7.50. The first-order valence-electron chi connectivity index (χ1n) is 7.50. The van der Waals surface area contributed by atoms with Gasteiger partial charge < -0.3 is 10.2 Å². The van der Waals surface area contributed by atoms with Gasteiger partial charge in [0.2, 0.25) is 0 Å². The van der Waals surface area contributed by atoms with Crippen molar-refractivity contribution in [1.82, 2.24) is 0 Å². The van der Waals surface area contributed by atoms with Crippen molar-refractivity contribution >= 4 is 32.3 Å². The van der Waals surface area contributed by atoms with Gasteiger partial charge in [-0.1, -0.05) is 42.5 Å². The van der Waals surface area contributed by atoms with E-state index in [4.69, 9.17) is 0 Å². The highest BCUT2D eigenvalue weighted by molar-refractivity contribution is 6.16. The van der Waals surface area contributed by atoms with Crippen molar-refractivity contribution < 1.29 is 14.6 Å². The van der Waals surface area contributed by atoms with E-state index in [1.54, 1.807) is 6.07 Å². The van der Waals surface area contributed by atoms with E-state index in [1.807, 2.05) is 36.4 Å². The third kappa shape index (κ3) is 2.01. The Hall–Kier alpha value is -2.49. The van der Waals surface area contributed by atoms with Crippen LogP contribution in [0.5, 0.6) is 0 Å². The smallest absolute Gasteiger partial charge is 0.123 e. The third-order valence-electron chi connectivity index (χ3n) is 4.50. The van der Waals surface area contributed by atoms with E-state index in [2.05, 4.69) is 0 Å². The summed E-state index contributed by atoms with van der Waals surface area (Å²) in [6, 6.07) is 16.1. The molecular weight excluding hydrogens is 291 g/mol. The predicted molar refractivity (Wildman–Crippen MR) is 90.8 cm³/mol. The van der Waals surface area contributed by atoms with Crippen molar-refractivity contribution in [3.8, 4) is 0 Å². The Labute approximate surface area is 132 Å². The molecule has 0 atom stereocenters. The quantitative estimate of drug-likeness (QED) is 0.429. The summed E-state index contributed by atoms with van der Waals surface area (Å²) in [6.07, 6.45) is 0. The van der Waals surface area contributed by atoms with Crippen LogP contribution < -0.4 is 0 Å². The molecule has 114 valence electrons. The summed E-state index contributed by atoms with van der Waals surface area (Å²) >= 11 is 0. The lowest BCUT2D eigenvalue weighted by atomic mass is 9.89. The molecule has 23 heavy (non-hydrogen) atoms. The largest absolute Gasteiger partial charge is 0.392 e. The number of hydrogen-bond donors (Lipinski definition) is 2. The molecular formula is C20H15FO2. The Morgan fingerprint density at radius 1 is 0.696 bits per heavy atom. The molecule has 4 rings (SSSR count). The zero-order valence-corrected chi connectivity index (χ0v) is 12.4. The van der Waals surface area contributed by atoms with Gasteiger partial charge >= 0.3 is 0 Å². The molecule has 0 bridgehead atoms. The maximum Gasteiger partial charge on any atom is 0.123 e. The number of aliphatic hydroxyl groups is 2. The first kappa shape index (κ1) is 14.1. The van der Waals surface area contributed by atoms with Crippen LogP contribution in [0.4, 0.5) is 4.39 Å². The second kappa shape index (κ2) is 5.30. The highest BCUT2D eigenvalue weighted by atomic mass is 19.1. The maximum absolute atomic E-state index is 13.5. The van der Waals surface area contributed by atoms with E-state index >= 15 is 0 Å². The number of halogens is 1. The fourth-order valence-electron chi connectivity index (χ4n) is 3.50. The Kier molecular flexibility index (Phi) is 3.26. The van der Waals surface area contributed by atoms with Crippen molar-refractivity contribution in [2.24, 2.45) is 0 Å². The van der Waals surface area contributed by atoms with Crippen LogP contribution >= 0.6 is 0 Å². The Morgan fingerprint density at radius 2 is 1.35 bits per heavy atom. The van der Waals surface area contributed by atoms with Crippen molar-refractivity contribution in [2.45, 2.75) is 13.2 Å². The summed E-state index contributed by atoms with van der Waals surface area (Å²) in [5.41, 5.74) is 1.64. The van der Waals surface area contributed by atoms with Gasteiger partial charge in [0.05, 0.1) is 13.2 Å². The Bertz CT molecular complexity index is 1050. The fourth-order valence-corrected chi connectivity index (χ4v) is 3.50. The highest BCUT2D eigenvalue weighted by Crippen LogP contribution is 2.37. The van der Waals surface area contributed by atoms with E-state index in [-0.39, 0.29) is 19.0 Å². The molecule has 0 spiro atoms. The summed E-state index contributed by atoms with van der Waals surface area (Å²) in [6.45, 7) is -0.200. The van der Waals surface area contributed by atoms with E-state index < -0.39 is 0 Å². The molecule has 0 aromatic heterocycles. The van der Waals surface area contributed by atoms with Gasteiger partial charge in [0.1, 0.15) is 5.82 Å². The van der Waals surface area contributed by atoms with Gasteiger partial charge in [0.15, 0.2) is 0 Å². The molecule has 0 heterocycles. The Balaban J connectivity index is 2.33. The van der Waals surface area contributed by atoms with Gasteiger partial charge in [0.25, 0.3) is 0 Å². The number of benzene rings is 4. The van der Waals surface area contributed by atoms with Crippen LogP contribution in [-0.2, 0) is 13.2 Å². The molecule has 0 amide bonds. The van der Waals surface area contributed by atoms with Crippen LogP contribution in [0.2, 0.25) is 0 Å². The van der Waals surface area contributed by atoms with E-state index in [0.29, 0.717) is 0 Å². The zero-order chi connectivity index (χ0) is 16.0. The first-order chi connectivity index (χ1) is 11.2. The molecule has 0 fully saturated rings. The molecule has 0 aliphatic carbocycles. The highest BCUT2D eigenvalue weighted by Gasteiger charge is 2.15. The molecule has 0 saturated carbocycles. The van der Waals surface area contributed by atoms with Crippen LogP contribution in [0.15, 0.2) is 54.6 Å². The molecule has 2 N–H and O–H groups in total. The monoisotopic (exact) mass is 306 g/mol. The lowest BCUT2D eigenvalue weighted by Crippen LogP contribution is -1.96. The van der Waals surface area contributed by atoms with Gasteiger partial charge in [0, 0.05) is 0 Å². The van der Waals surface area contributed by atoms with Crippen LogP contribution in [-0.4, -0.2) is 10.2 Å². The van der Waals surface area contributed by atoms with Gasteiger partial charge in [-0.3, -0.25) is 0 Å². The average Bonchev–Trinajstić information content (AvgIpc) is 2.59. The summed E-state index contributed by atoms with van der Waals surface area (Å²) < 4.78 is 13.5.